The average molecular weight is 414 g/mol. The maximum atomic E-state index is 14.5. The lowest BCUT2D eigenvalue weighted by atomic mass is 10.1. The Morgan fingerprint density at radius 3 is 2.72 bits per heavy atom. The van der Waals surface area contributed by atoms with Crippen molar-refractivity contribution in [3.05, 3.63) is 65.3 Å². The van der Waals surface area contributed by atoms with Crippen molar-refractivity contribution in [3.8, 4) is 11.6 Å². The monoisotopic (exact) mass is 413 g/mol. The smallest absolute Gasteiger partial charge is 0.256 e. The van der Waals surface area contributed by atoms with Gasteiger partial charge in [0, 0.05) is 18.8 Å². The van der Waals surface area contributed by atoms with Crippen LogP contribution in [0.25, 0.3) is 5.69 Å². The molecule has 7 nitrogen and oxygen atoms in total. The second kappa shape index (κ2) is 7.11. The molecule has 0 radical (unpaired) electrons. The molecule has 2 aromatic heterocycles. The van der Waals surface area contributed by atoms with E-state index >= 15 is 0 Å². The Morgan fingerprint density at radius 1 is 1.17 bits per heavy atom. The number of piperidine rings is 1. The summed E-state index contributed by atoms with van der Waals surface area (Å²) in [7, 11) is 0. The summed E-state index contributed by atoms with van der Waals surface area (Å²) < 4.78 is 20.6. The summed E-state index contributed by atoms with van der Waals surface area (Å²) in [5.74, 6) is 0.0314. The van der Waals surface area contributed by atoms with Gasteiger partial charge < -0.3 is 9.64 Å². The lowest BCUT2D eigenvalue weighted by Crippen LogP contribution is -2.47. The number of amides is 1. The Labute approximate surface area is 171 Å². The van der Waals surface area contributed by atoms with Crippen molar-refractivity contribution in [2.45, 2.75) is 25.0 Å². The van der Waals surface area contributed by atoms with Crippen LogP contribution in [0.2, 0.25) is 5.02 Å². The van der Waals surface area contributed by atoms with Gasteiger partial charge in [0.05, 0.1) is 29.0 Å². The van der Waals surface area contributed by atoms with E-state index in [-0.39, 0.29) is 29.3 Å². The molecule has 3 heterocycles. The minimum atomic E-state index is -0.547. The van der Waals surface area contributed by atoms with Crippen LogP contribution in [0.5, 0.6) is 5.88 Å². The zero-order valence-electron chi connectivity index (χ0n) is 15.3. The topological polar surface area (TPSA) is 73.1 Å². The third kappa shape index (κ3) is 3.23. The summed E-state index contributed by atoms with van der Waals surface area (Å²) in [6, 6.07) is 7.77. The van der Waals surface area contributed by atoms with E-state index < -0.39 is 5.82 Å². The molecule has 2 aliphatic rings. The molecular formula is C20H17ClFN5O2. The van der Waals surface area contributed by atoms with Crippen molar-refractivity contribution in [2.24, 2.45) is 5.92 Å². The van der Waals surface area contributed by atoms with Crippen LogP contribution in [0, 0.1) is 11.7 Å². The van der Waals surface area contributed by atoms with E-state index in [1.807, 2.05) is 0 Å². The molecule has 0 spiro atoms. The molecule has 5 rings (SSSR count). The predicted octanol–water partition coefficient (Wildman–Crippen LogP) is 3.14. The Morgan fingerprint density at radius 2 is 2.00 bits per heavy atom. The number of benzene rings is 1. The summed E-state index contributed by atoms with van der Waals surface area (Å²) in [4.78, 5) is 20.5. The highest BCUT2D eigenvalue weighted by Crippen LogP contribution is 2.40. The highest BCUT2D eigenvalue weighted by Gasteiger charge is 2.48. The maximum Gasteiger partial charge on any atom is 0.256 e. The fraction of sp³-hybridized carbons (Fsp3) is 0.300. The normalized spacial score (nSPS) is 22.8. The van der Waals surface area contributed by atoms with Gasteiger partial charge in [-0.15, -0.1) is 4.80 Å². The molecule has 148 valence electrons. The molecule has 3 aromatic rings. The number of carbonyl (C=O) groups excluding carboxylic acids is 1. The Hall–Kier alpha value is -3.00. The van der Waals surface area contributed by atoms with Crippen LogP contribution < -0.4 is 4.74 Å². The number of fused-ring (bicyclic) bond motifs is 2. The quantitative estimate of drug-likeness (QED) is 0.657. The Kier molecular flexibility index (Phi) is 4.43. The van der Waals surface area contributed by atoms with Crippen LogP contribution in [0.15, 0.2) is 48.9 Å². The van der Waals surface area contributed by atoms with Crippen LogP contribution in [0.3, 0.4) is 0 Å². The van der Waals surface area contributed by atoms with Crippen LogP contribution in [0.1, 0.15) is 23.2 Å². The number of likely N-dealkylation sites (tertiary alicyclic amines) is 1. The van der Waals surface area contributed by atoms with E-state index in [1.54, 1.807) is 23.1 Å². The number of aromatic nitrogens is 4. The second-order valence-electron chi connectivity index (χ2n) is 7.29. The van der Waals surface area contributed by atoms with Gasteiger partial charge in [0.2, 0.25) is 5.88 Å². The van der Waals surface area contributed by atoms with Crippen LogP contribution >= 0.6 is 11.6 Å². The molecular weight excluding hydrogens is 397 g/mol. The molecule has 2 bridgehead atoms. The molecule has 2 fully saturated rings. The zero-order valence-corrected chi connectivity index (χ0v) is 16.0. The largest absolute Gasteiger partial charge is 0.472 e. The third-order valence-corrected chi connectivity index (χ3v) is 5.72. The highest BCUT2D eigenvalue weighted by molar-refractivity contribution is 6.30. The van der Waals surface area contributed by atoms with Crippen molar-refractivity contribution >= 4 is 17.5 Å². The fourth-order valence-corrected chi connectivity index (χ4v) is 4.40. The number of pyridine rings is 1. The first-order chi connectivity index (χ1) is 14.1. The summed E-state index contributed by atoms with van der Waals surface area (Å²) in [6.07, 6.45) is 5.97. The van der Waals surface area contributed by atoms with Crippen molar-refractivity contribution in [1.29, 1.82) is 0 Å². The predicted molar refractivity (Wildman–Crippen MR) is 103 cm³/mol. The minimum Gasteiger partial charge on any atom is -0.472 e. The molecule has 0 N–H and O–H groups in total. The molecule has 9 heteroatoms. The number of carbonyl (C=O) groups is 1. The molecule has 3 unspecified atom stereocenters. The number of hydrogen-bond donors (Lipinski definition) is 0. The summed E-state index contributed by atoms with van der Waals surface area (Å²) >= 11 is 5.88. The van der Waals surface area contributed by atoms with E-state index in [9.17, 15) is 9.18 Å². The number of hydrogen-bond acceptors (Lipinski definition) is 5. The second-order valence-corrected chi connectivity index (χ2v) is 7.72. The molecule has 1 amide bonds. The number of rotatable bonds is 4. The van der Waals surface area contributed by atoms with E-state index in [2.05, 4.69) is 15.2 Å². The van der Waals surface area contributed by atoms with Crippen molar-refractivity contribution in [3.63, 3.8) is 0 Å². The van der Waals surface area contributed by atoms with Gasteiger partial charge in [0.1, 0.15) is 11.8 Å². The number of ether oxygens (including phenoxy) is 1. The number of halogens is 2. The van der Waals surface area contributed by atoms with Crippen LogP contribution in [-0.2, 0) is 0 Å². The first-order valence-corrected chi connectivity index (χ1v) is 9.72. The van der Waals surface area contributed by atoms with E-state index in [4.69, 9.17) is 16.3 Å². The molecule has 1 aromatic carbocycles. The molecule has 1 aliphatic carbocycles. The molecule has 1 aliphatic heterocycles. The highest BCUT2D eigenvalue weighted by atomic mass is 35.5. The van der Waals surface area contributed by atoms with Gasteiger partial charge in [-0.2, -0.15) is 10.2 Å². The Bertz CT molecular complexity index is 1040. The van der Waals surface area contributed by atoms with Gasteiger partial charge in [-0.25, -0.2) is 9.37 Å². The number of para-hydroxylation sites is 1. The zero-order chi connectivity index (χ0) is 20.0. The van der Waals surface area contributed by atoms with Gasteiger partial charge in [-0.1, -0.05) is 17.7 Å². The summed E-state index contributed by atoms with van der Waals surface area (Å²) in [5.41, 5.74) is 0.291. The van der Waals surface area contributed by atoms with Crippen molar-refractivity contribution in [1.82, 2.24) is 24.9 Å². The molecule has 1 saturated heterocycles. The first-order valence-electron chi connectivity index (χ1n) is 9.34. The minimum absolute atomic E-state index is 0.0575. The first kappa shape index (κ1) is 18.1. The van der Waals surface area contributed by atoms with Gasteiger partial charge in [0.15, 0.2) is 5.82 Å². The SMILES string of the molecule is O=C(c1cccc(F)c1-n1nccn1)N1CC2CC(Oc3ccc(Cl)cn3)C1C2. The van der Waals surface area contributed by atoms with Crippen molar-refractivity contribution < 1.29 is 13.9 Å². The molecule has 3 atom stereocenters. The van der Waals surface area contributed by atoms with E-state index in [0.29, 0.717) is 23.4 Å². The standard InChI is InChI=1S/C20H17ClFN5O2/c21-13-4-5-18(23-10-13)29-17-9-12-8-16(17)26(11-12)20(28)14-2-1-3-15(22)19(14)27-24-6-7-25-27/h1-7,10,12,16-17H,8-9,11H2. The van der Waals surface area contributed by atoms with Gasteiger partial charge in [-0.3, -0.25) is 4.79 Å². The van der Waals surface area contributed by atoms with Crippen molar-refractivity contribution in [2.75, 3.05) is 6.54 Å². The van der Waals surface area contributed by atoms with Crippen LogP contribution in [-0.4, -0.2) is 49.5 Å². The average Bonchev–Trinajstić information content (AvgIpc) is 3.46. The fourth-order valence-electron chi connectivity index (χ4n) is 4.29. The van der Waals surface area contributed by atoms with Crippen LogP contribution in [0.4, 0.5) is 4.39 Å². The molecule has 1 saturated carbocycles. The lowest BCUT2D eigenvalue weighted by molar-refractivity contribution is 0.0466. The van der Waals surface area contributed by atoms with Gasteiger partial charge in [0.25, 0.3) is 5.91 Å². The molecule has 29 heavy (non-hydrogen) atoms. The summed E-state index contributed by atoms with van der Waals surface area (Å²) in [6.45, 7) is 0.625. The summed E-state index contributed by atoms with van der Waals surface area (Å²) in [5, 5.41) is 8.52. The third-order valence-electron chi connectivity index (χ3n) is 5.49. The number of nitrogens with zero attached hydrogens (tertiary/aromatic N) is 5. The van der Waals surface area contributed by atoms with E-state index in [1.165, 1.54) is 30.7 Å². The Balaban J connectivity index is 1.41. The van der Waals surface area contributed by atoms with Gasteiger partial charge >= 0.3 is 0 Å². The lowest BCUT2D eigenvalue weighted by Gasteiger charge is -2.33. The van der Waals surface area contributed by atoms with Gasteiger partial charge in [-0.05, 0) is 37.0 Å². The maximum absolute atomic E-state index is 14.5. The van der Waals surface area contributed by atoms with E-state index in [0.717, 1.165) is 17.6 Å².